The second-order valence-electron chi connectivity index (χ2n) is 15.9. The van der Waals surface area contributed by atoms with Gasteiger partial charge in [0.25, 0.3) is 0 Å². The Morgan fingerprint density at radius 3 is 1.37 bits per heavy atom. The molecule has 2 aliphatic rings. The van der Waals surface area contributed by atoms with Crippen LogP contribution in [-0.4, -0.2) is 97.4 Å². The highest BCUT2D eigenvalue weighted by Gasteiger charge is 2.51. The van der Waals surface area contributed by atoms with E-state index in [1.165, 1.54) is 11.1 Å². The van der Waals surface area contributed by atoms with Gasteiger partial charge in [-0.3, -0.25) is 0 Å². The fraction of sp³-hybridized carbons (Fsp3) is 0.641. The fourth-order valence-corrected chi connectivity index (χ4v) is 10.2. The predicted octanol–water partition coefficient (Wildman–Crippen LogP) is 6.99. The first-order valence-electron chi connectivity index (χ1n) is 18.0. The SMILES string of the molecule is CO[Si](CCc1ccc(CC(Cc2cccc(CC[Si](OC)(OC)OC)c2)(C2=N[C@@H](C(C)(C)C)CO2)C2=N[C@@H](C(C)(C)C)CO2)cc1)(OC)OC. The second-order valence-corrected chi connectivity index (χ2v) is 22.1. The lowest BCUT2D eigenvalue weighted by Crippen LogP contribution is -2.44. The van der Waals surface area contributed by atoms with Gasteiger partial charge in [-0.15, -0.1) is 0 Å². The molecule has 51 heavy (non-hydrogen) atoms. The molecule has 0 bridgehead atoms. The number of nitrogens with zero attached hydrogens (tertiary/aromatic N) is 2. The summed E-state index contributed by atoms with van der Waals surface area (Å²) < 4.78 is 47.4. The Hall–Kier alpha value is -2.43. The molecule has 284 valence electrons. The molecular weight excluding hydrogens is 681 g/mol. The molecule has 0 radical (unpaired) electrons. The Morgan fingerprint density at radius 1 is 0.569 bits per heavy atom. The van der Waals surface area contributed by atoms with Crippen LogP contribution in [0, 0.1) is 16.2 Å². The molecule has 2 aromatic carbocycles. The van der Waals surface area contributed by atoms with E-state index in [1.807, 2.05) is 0 Å². The molecule has 0 saturated heterocycles. The van der Waals surface area contributed by atoms with E-state index in [1.54, 1.807) is 42.7 Å². The third-order valence-corrected chi connectivity index (χ3v) is 15.9. The molecule has 12 heteroatoms. The molecule has 0 aliphatic carbocycles. The highest BCUT2D eigenvalue weighted by Crippen LogP contribution is 2.41. The van der Waals surface area contributed by atoms with Crippen LogP contribution in [0.5, 0.6) is 0 Å². The maximum absolute atomic E-state index is 6.65. The van der Waals surface area contributed by atoms with Crippen LogP contribution >= 0.6 is 0 Å². The van der Waals surface area contributed by atoms with Crippen LogP contribution in [-0.2, 0) is 61.7 Å². The minimum atomic E-state index is -2.73. The zero-order valence-electron chi connectivity index (χ0n) is 33.1. The summed E-state index contributed by atoms with van der Waals surface area (Å²) in [4.78, 5) is 10.7. The average Bonchev–Trinajstić information content (AvgIpc) is 3.83. The summed E-state index contributed by atoms with van der Waals surface area (Å²) in [6, 6.07) is 18.9. The van der Waals surface area contributed by atoms with Crippen molar-refractivity contribution in [1.29, 1.82) is 0 Å². The van der Waals surface area contributed by atoms with Gasteiger partial charge in [-0.1, -0.05) is 90.1 Å². The maximum Gasteiger partial charge on any atom is 0.500 e. The molecule has 2 atom stereocenters. The van der Waals surface area contributed by atoms with Crippen molar-refractivity contribution in [2.75, 3.05) is 55.9 Å². The quantitative estimate of drug-likeness (QED) is 0.151. The summed E-state index contributed by atoms with van der Waals surface area (Å²) in [5, 5.41) is 0. The number of aryl methyl sites for hydroxylation is 2. The molecule has 4 rings (SSSR count). The minimum absolute atomic E-state index is 0.0167. The Labute approximate surface area is 309 Å². The molecule has 0 unspecified atom stereocenters. The van der Waals surface area contributed by atoms with Crippen molar-refractivity contribution >= 4 is 29.4 Å². The van der Waals surface area contributed by atoms with Crippen LogP contribution in [0.25, 0.3) is 0 Å². The predicted molar refractivity (Wildman–Crippen MR) is 207 cm³/mol. The zero-order valence-corrected chi connectivity index (χ0v) is 35.1. The molecule has 2 aliphatic heterocycles. The van der Waals surface area contributed by atoms with Crippen molar-refractivity contribution in [3.8, 4) is 0 Å². The van der Waals surface area contributed by atoms with E-state index in [0.717, 1.165) is 24.0 Å². The van der Waals surface area contributed by atoms with Crippen molar-refractivity contribution in [2.24, 2.45) is 26.2 Å². The molecular formula is C39H62N2O8Si2. The van der Waals surface area contributed by atoms with E-state index in [4.69, 9.17) is 46.0 Å². The van der Waals surface area contributed by atoms with Gasteiger partial charge < -0.3 is 36.0 Å². The van der Waals surface area contributed by atoms with Gasteiger partial charge >= 0.3 is 17.6 Å². The Kier molecular flexibility index (Phi) is 13.9. The number of benzene rings is 2. The Morgan fingerprint density at radius 2 is 0.961 bits per heavy atom. The molecule has 0 saturated carbocycles. The van der Waals surface area contributed by atoms with Crippen molar-refractivity contribution < 1.29 is 36.0 Å². The maximum atomic E-state index is 6.65. The van der Waals surface area contributed by atoms with Crippen LogP contribution < -0.4 is 0 Å². The van der Waals surface area contributed by atoms with E-state index in [9.17, 15) is 0 Å². The summed E-state index contributed by atoms with van der Waals surface area (Å²) >= 11 is 0. The van der Waals surface area contributed by atoms with Gasteiger partial charge in [-0.05, 0) is 58.8 Å². The highest BCUT2D eigenvalue weighted by molar-refractivity contribution is 6.60. The monoisotopic (exact) mass is 742 g/mol. The lowest BCUT2D eigenvalue weighted by molar-refractivity contribution is 0.123. The first kappa shape index (κ1) is 41.3. The molecule has 10 nitrogen and oxygen atoms in total. The van der Waals surface area contributed by atoms with Gasteiger partial charge in [0.2, 0.25) is 0 Å². The number of rotatable bonds is 18. The third kappa shape index (κ3) is 9.97. The van der Waals surface area contributed by atoms with Gasteiger partial charge in [0.15, 0.2) is 11.8 Å². The average molecular weight is 743 g/mol. The molecule has 0 aromatic heterocycles. The second kappa shape index (κ2) is 17.1. The standard InChI is InChI=1S/C39H62N2O8Si2/c1-37(2,3)33-27-48-35(40-33)39(36-41-34(28-49-36)38(4,5)6,25-31-18-16-29(17-19-31)20-22-50(42-7,43-8)44-9)26-32-15-13-14-30(24-32)21-23-51(45-10,46-11)47-12/h13-19,24,33-34H,20-23,25-28H2,1-12H3/t33-,34-/m1/s1. The van der Waals surface area contributed by atoms with Crippen molar-refractivity contribution in [3.63, 3.8) is 0 Å². The Balaban J connectivity index is 1.77. The summed E-state index contributed by atoms with van der Waals surface area (Å²) in [7, 11) is 4.51. The van der Waals surface area contributed by atoms with Crippen molar-refractivity contribution in [3.05, 3.63) is 70.8 Å². The molecule has 2 aromatic rings. The number of ether oxygens (including phenoxy) is 2. The molecule has 0 fully saturated rings. The summed E-state index contributed by atoms with van der Waals surface area (Å²) in [5.41, 5.74) is 3.79. The smallest absolute Gasteiger partial charge is 0.478 e. The van der Waals surface area contributed by atoms with E-state index in [2.05, 4.69) is 90.1 Å². The fourth-order valence-electron chi connectivity index (χ4n) is 6.74. The topological polar surface area (TPSA) is 98.6 Å². The van der Waals surface area contributed by atoms with Crippen molar-refractivity contribution in [1.82, 2.24) is 0 Å². The Bertz CT molecular complexity index is 1420. The van der Waals surface area contributed by atoms with Gasteiger partial charge in [-0.2, -0.15) is 0 Å². The third-order valence-electron chi connectivity index (χ3n) is 10.5. The molecule has 0 N–H and O–H groups in total. The lowest BCUT2D eigenvalue weighted by atomic mass is 9.75. The highest BCUT2D eigenvalue weighted by atomic mass is 28.4. The largest absolute Gasteiger partial charge is 0.500 e. The van der Waals surface area contributed by atoms with Gasteiger partial charge in [0.1, 0.15) is 18.6 Å². The first-order valence-corrected chi connectivity index (χ1v) is 21.9. The van der Waals surface area contributed by atoms with Gasteiger partial charge in [0, 0.05) is 54.7 Å². The van der Waals surface area contributed by atoms with Crippen LogP contribution in [0.3, 0.4) is 0 Å². The van der Waals surface area contributed by atoms with Crippen molar-refractivity contribution in [2.45, 2.75) is 91.4 Å². The van der Waals surface area contributed by atoms with E-state index >= 15 is 0 Å². The normalized spacial score (nSPS) is 18.7. The molecule has 2 heterocycles. The first-order chi connectivity index (χ1) is 24.1. The molecule has 0 amide bonds. The van der Waals surface area contributed by atoms with Gasteiger partial charge in [0.05, 0.1) is 12.1 Å². The van der Waals surface area contributed by atoms with E-state index in [-0.39, 0.29) is 22.9 Å². The van der Waals surface area contributed by atoms with Gasteiger partial charge in [-0.25, -0.2) is 9.98 Å². The van der Waals surface area contributed by atoms with Crippen LogP contribution in [0.15, 0.2) is 58.5 Å². The number of hydrogen-bond acceptors (Lipinski definition) is 10. The zero-order chi connectivity index (χ0) is 37.5. The molecule has 0 spiro atoms. The van der Waals surface area contributed by atoms with Crippen LogP contribution in [0.1, 0.15) is 63.8 Å². The number of aliphatic imine (C=N–C) groups is 2. The van der Waals surface area contributed by atoms with Crippen LogP contribution in [0.2, 0.25) is 12.1 Å². The summed E-state index contributed by atoms with van der Waals surface area (Å²) in [5.74, 6) is 1.40. The summed E-state index contributed by atoms with van der Waals surface area (Å²) in [6.07, 6.45) is 2.77. The van der Waals surface area contributed by atoms with E-state index in [0.29, 0.717) is 49.9 Å². The van der Waals surface area contributed by atoms with Crippen LogP contribution in [0.4, 0.5) is 0 Å². The van der Waals surface area contributed by atoms with E-state index < -0.39 is 23.0 Å². The summed E-state index contributed by atoms with van der Waals surface area (Å²) in [6.45, 7) is 14.3. The lowest BCUT2D eigenvalue weighted by Gasteiger charge is -2.33. The number of hydrogen-bond donors (Lipinski definition) is 0. The minimum Gasteiger partial charge on any atom is -0.478 e.